The molecule has 0 saturated carbocycles. The van der Waals surface area contributed by atoms with Crippen LogP contribution in [0.15, 0.2) is 12.1 Å². The van der Waals surface area contributed by atoms with Crippen molar-refractivity contribution in [3.05, 3.63) is 28.8 Å². The third-order valence-electron chi connectivity index (χ3n) is 2.86. The second kappa shape index (κ2) is 5.43. The van der Waals surface area contributed by atoms with Gasteiger partial charge in [0.05, 0.1) is 6.16 Å². The van der Waals surface area contributed by atoms with Gasteiger partial charge in [-0.05, 0) is 28.5 Å². The Morgan fingerprint density at radius 2 is 1.44 bits per heavy atom. The zero-order valence-electron chi connectivity index (χ0n) is 11.2. The molecule has 0 unspecified atom stereocenters. The largest absolute Gasteiger partial charge is 0.507 e. The molecule has 1 aromatic carbocycles. The van der Waals surface area contributed by atoms with Crippen molar-refractivity contribution in [2.75, 3.05) is 0 Å². The van der Waals surface area contributed by atoms with Gasteiger partial charge in [0.2, 0.25) is 0 Å². The van der Waals surface area contributed by atoms with Crippen LogP contribution in [0.25, 0.3) is 0 Å². The fourth-order valence-corrected chi connectivity index (χ4v) is 2.61. The molecular formula is C13H21O4P. The number of aromatic hydroxyl groups is 1. The number of rotatable bonds is 4. The topological polar surface area (TPSA) is 77.8 Å². The van der Waals surface area contributed by atoms with Crippen LogP contribution >= 0.6 is 7.60 Å². The summed E-state index contributed by atoms with van der Waals surface area (Å²) < 4.78 is 11.1. The van der Waals surface area contributed by atoms with E-state index in [0.717, 1.165) is 11.1 Å². The van der Waals surface area contributed by atoms with Crippen LogP contribution < -0.4 is 0 Å². The first-order valence-electron chi connectivity index (χ1n) is 6.02. The Balaban J connectivity index is 3.34. The number of phenolic OH excluding ortho intramolecular Hbond substituents is 1. The molecule has 1 aromatic rings. The molecule has 0 heterocycles. The van der Waals surface area contributed by atoms with Crippen LogP contribution in [0.4, 0.5) is 0 Å². The van der Waals surface area contributed by atoms with E-state index in [-0.39, 0.29) is 23.7 Å². The van der Waals surface area contributed by atoms with Crippen molar-refractivity contribution >= 4 is 7.60 Å². The van der Waals surface area contributed by atoms with Gasteiger partial charge in [0.1, 0.15) is 5.75 Å². The molecule has 0 aliphatic heterocycles. The molecule has 0 aromatic heterocycles. The summed E-state index contributed by atoms with van der Waals surface area (Å²) in [5.41, 5.74) is 2.06. The van der Waals surface area contributed by atoms with E-state index in [4.69, 9.17) is 9.79 Å². The Morgan fingerprint density at radius 1 is 1.06 bits per heavy atom. The third-order valence-corrected chi connectivity index (χ3v) is 3.64. The van der Waals surface area contributed by atoms with E-state index >= 15 is 0 Å². The van der Waals surface area contributed by atoms with Gasteiger partial charge in [0.25, 0.3) is 0 Å². The van der Waals surface area contributed by atoms with Gasteiger partial charge in [-0.3, -0.25) is 4.57 Å². The molecule has 0 radical (unpaired) electrons. The standard InChI is InChI=1S/C13H21O4P/c1-8(2)11-5-10(7-18(15,16)17)6-12(9(3)4)13(11)14/h5-6,8-9,14H,7H2,1-4H3,(H2,15,16,17). The molecule has 0 bridgehead atoms. The van der Waals surface area contributed by atoms with E-state index in [1.165, 1.54) is 0 Å². The maximum absolute atomic E-state index is 11.1. The molecule has 3 N–H and O–H groups in total. The van der Waals surface area contributed by atoms with Crippen LogP contribution in [0.5, 0.6) is 5.75 Å². The van der Waals surface area contributed by atoms with Gasteiger partial charge >= 0.3 is 7.60 Å². The predicted octanol–water partition coefficient (Wildman–Crippen LogP) is 3.32. The zero-order chi connectivity index (χ0) is 14.1. The Kier molecular flexibility index (Phi) is 4.60. The van der Waals surface area contributed by atoms with Crippen LogP contribution in [-0.4, -0.2) is 14.9 Å². The molecule has 5 heteroatoms. The molecule has 0 aliphatic carbocycles. The van der Waals surface area contributed by atoms with Gasteiger partial charge in [-0.1, -0.05) is 39.8 Å². The molecule has 0 aliphatic rings. The minimum atomic E-state index is -4.08. The third kappa shape index (κ3) is 3.84. The van der Waals surface area contributed by atoms with E-state index < -0.39 is 7.60 Å². The second-order valence-corrected chi connectivity index (χ2v) is 6.90. The first-order chi connectivity index (χ1) is 8.11. The predicted molar refractivity (Wildman–Crippen MR) is 72.0 cm³/mol. The summed E-state index contributed by atoms with van der Waals surface area (Å²) in [5.74, 6) is 0.466. The minimum Gasteiger partial charge on any atom is -0.507 e. The molecule has 0 fully saturated rings. The Hall–Kier alpha value is -0.830. The summed E-state index contributed by atoms with van der Waals surface area (Å²) >= 11 is 0. The minimum absolute atomic E-state index is 0.110. The highest BCUT2D eigenvalue weighted by atomic mass is 31.2. The van der Waals surface area contributed by atoms with Gasteiger partial charge in [0.15, 0.2) is 0 Å². The molecule has 0 amide bonds. The SMILES string of the molecule is CC(C)c1cc(CP(=O)(O)O)cc(C(C)C)c1O. The fraction of sp³-hybridized carbons (Fsp3) is 0.538. The maximum Gasteiger partial charge on any atom is 0.329 e. The van der Waals surface area contributed by atoms with Crippen molar-refractivity contribution in [2.45, 2.75) is 45.7 Å². The lowest BCUT2D eigenvalue weighted by atomic mass is 9.92. The average molecular weight is 272 g/mol. The monoisotopic (exact) mass is 272 g/mol. The van der Waals surface area contributed by atoms with Gasteiger partial charge in [-0.2, -0.15) is 0 Å². The summed E-state index contributed by atoms with van der Waals surface area (Å²) in [7, 11) is -4.08. The van der Waals surface area contributed by atoms with Gasteiger partial charge in [-0.25, -0.2) is 0 Å². The number of benzene rings is 1. The van der Waals surface area contributed by atoms with Gasteiger partial charge in [-0.15, -0.1) is 0 Å². The highest BCUT2D eigenvalue weighted by molar-refractivity contribution is 7.50. The zero-order valence-corrected chi connectivity index (χ0v) is 12.1. The summed E-state index contributed by atoms with van der Waals surface area (Å²) in [6.07, 6.45) is -0.285. The smallest absolute Gasteiger partial charge is 0.329 e. The Morgan fingerprint density at radius 3 is 1.72 bits per heavy atom. The molecule has 18 heavy (non-hydrogen) atoms. The number of phenols is 1. The molecule has 0 spiro atoms. The van der Waals surface area contributed by atoms with Crippen molar-refractivity contribution < 1.29 is 19.5 Å². The van der Waals surface area contributed by atoms with Crippen LogP contribution in [0, 0.1) is 0 Å². The van der Waals surface area contributed by atoms with Crippen LogP contribution in [0.3, 0.4) is 0 Å². The molecular weight excluding hydrogens is 251 g/mol. The first-order valence-corrected chi connectivity index (χ1v) is 7.82. The van der Waals surface area contributed by atoms with Crippen molar-refractivity contribution in [3.63, 3.8) is 0 Å². The highest BCUT2D eigenvalue weighted by Crippen LogP contribution is 2.42. The first kappa shape index (κ1) is 15.2. The van der Waals surface area contributed by atoms with Crippen molar-refractivity contribution in [1.29, 1.82) is 0 Å². The van der Waals surface area contributed by atoms with E-state index in [1.807, 2.05) is 27.7 Å². The highest BCUT2D eigenvalue weighted by Gasteiger charge is 2.19. The van der Waals surface area contributed by atoms with Crippen molar-refractivity contribution in [1.82, 2.24) is 0 Å². The lowest BCUT2D eigenvalue weighted by Crippen LogP contribution is -1.99. The molecule has 102 valence electrons. The van der Waals surface area contributed by atoms with E-state index in [0.29, 0.717) is 5.56 Å². The molecule has 0 saturated heterocycles. The summed E-state index contributed by atoms with van der Waals surface area (Å²) in [6.45, 7) is 7.78. The van der Waals surface area contributed by atoms with Crippen LogP contribution in [-0.2, 0) is 10.7 Å². The molecule has 1 rings (SSSR count). The summed E-state index contributed by atoms with van der Waals surface area (Å²) in [4.78, 5) is 18.1. The van der Waals surface area contributed by atoms with Gasteiger partial charge in [0, 0.05) is 0 Å². The lowest BCUT2D eigenvalue weighted by Gasteiger charge is -2.17. The van der Waals surface area contributed by atoms with Gasteiger partial charge < -0.3 is 14.9 Å². The summed E-state index contributed by atoms with van der Waals surface area (Å²) in [6, 6.07) is 3.37. The lowest BCUT2D eigenvalue weighted by molar-refractivity contribution is 0.371. The van der Waals surface area contributed by atoms with Crippen molar-refractivity contribution in [3.8, 4) is 5.75 Å². The quantitative estimate of drug-likeness (QED) is 0.735. The molecule has 4 nitrogen and oxygen atoms in total. The Bertz CT molecular complexity index is 445. The van der Waals surface area contributed by atoms with E-state index in [2.05, 4.69) is 0 Å². The van der Waals surface area contributed by atoms with E-state index in [9.17, 15) is 9.67 Å². The van der Waals surface area contributed by atoms with Crippen LogP contribution in [0.1, 0.15) is 56.2 Å². The molecule has 0 atom stereocenters. The van der Waals surface area contributed by atoms with Crippen LogP contribution in [0.2, 0.25) is 0 Å². The fourth-order valence-electron chi connectivity index (χ4n) is 1.95. The normalized spacial score (nSPS) is 12.4. The maximum atomic E-state index is 11.1. The summed E-state index contributed by atoms with van der Waals surface area (Å²) in [5, 5.41) is 10.2. The van der Waals surface area contributed by atoms with E-state index in [1.54, 1.807) is 12.1 Å². The van der Waals surface area contributed by atoms with Crippen molar-refractivity contribution in [2.24, 2.45) is 0 Å². The second-order valence-electron chi connectivity index (χ2n) is 5.26. The number of hydrogen-bond acceptors (Lipinski definition) is 2. The number of hydrogen-bond donors (Lipinski definition) is 3. The Labute approximate surface area is 108 Å². The average Bonchev–Trinajstić information content (AvgIpc) is 2.17.